The molecule has 0 aliphatic heterocycles. The highest BCUT2D eigenvalue weighted by Crippen LogP contribution is 2.19. The van der Waals surface area contributed by atoms with Crippen LogP contribution < -0.4 is 21.5 Å². The van der Waals surface area contributed by atoms with Crippen molar-refractivity contribution in [3.8, 4) is 0 Å². The van der Waals surface area contributed by atoms with Crippen molar-refractivity contribution < 1.29 is 4.79 Å². The predicted molar refractivity (Wildman–Crippen MR) is 110 cm³/mol. The van der Waals surface area contributed by atoms with Crippen molar-refractivity contribution in [2.45, 2.75) is 13.8 Å². The van der Waals surface area contributed by atoms with E-state index in [0.29, 0.717) is 17.3 Å². The van der Waals surface area contributed by atoms with Crippen molar-refractivity contribution >= 4 is 28.9 Å². The average molecular weight is 378 g/mol. The summed E-state index contributed by atoms with van der Waals surface area (Å²) in [5.41, 5.74) is 1.16. The molecule has 144 valence electrons. The summed E-state index contributed by atoms with van der Waals surface area (Å²) in [5, 5.41) is 9.12. The van der Waals surface area contributed by atoms with Crippen LogP contribution in [0.25, 0.3) is 0 Å². The molecule has 2 heterocycles. The van der Waals surface area contributed by atoms with E-state index in [9.17, 15) is 9.59 Å². The van der Waals surface area contributed by atoms with Gasteiger partial charge in [-0.25, -0.2) is 9.97 Å². The van der Waals surface area contributed by atoms with Crippen LogP contribution in [0.3, 0.4) is 0 Å². The molecule has 3 aromatic rings. The predicted octanol–water partition coefficient (Wildman–Crippen LogP) is 2.91. The molecule has 0 atom stereocenters. The minimum Gasteiger partial charge on any atom is -0.370 e. The molecule has 0 aliphatic carbocycles. The molecule has 3 rings (SSSR count). The number of benzene rings is 1. The summed E-state index contributed by atoms with van der Waals surface area (Å²) in [6.45, 7) is 4.61. The Morgan fingerprint density at radius 3 is 2.46 bits per heavy atom. The van der Waals surface area contributed by atoms with Gasteiger partial charge in [0.25, 0.3) is 11.5 Å². The lowest BCUT2D eigenvalue weighted by Gasteiger charge is -2.10. The molecule has 8 nitrogen and oxygen atoms in total. The molecule has 0 bridgehead atoms. The second-order valence-electron chi connectivity index (χ2n) is 6.21. The SMILES string of the molecule is CCNc1cc(Nc2ccc(NC(=O)c3cccn(C)c3=O)cc2)nc(C)n1. The van der Waals surface area contributed by atoms with E-state index in [2.05, 4.69) is 25.9 Å². The third-order valence-electron chi connectivity index (χ3n) is 3.98. The highest BCUT2D eigenvalue weighted by molar-refractivity contribution is 6.04. The largest absolute Gasteiger partial charge is 0.370 e. The van der Waals surface area contributed by atoms with Gasteiger partial charge >= 0.3 is 0 Å². The molecule has 28 heavy (non-hydrogen) atoms. The average Bonchev–Trinajstić information content (AvgIpc) is 2.65. The van der Waals surface area contributed by atoms with Gasteiger partial charge in [-0.15, -0.1) is 0 Å². The first-order valence-corrected chi connectivity index (χ1v) is 8.90. The Hall–Kier alpha value is -3.68. The van der Waals surface area contributed by atoms with Gasteiger partial charge in [0.2, 0.25) is 0 Å². The Morgan fingerprint density at radius 1 is 1.07 bits per heavy atom. The Morgan fingerprint density at radius 2 is 1.75 bits per heavy atom. The van der Waals surface area contributed by atoms with E-state index in [4.69, 9.17) is 0 Å². The number of nitrogens with one attached hydrogen (secondary N) is 3. The van der Waals surface area contributed by atoms with Gasteiger partial charge in [-0.2, -0.15) is 0 Å². The number of rotatable bonds is 6. The summed E-state index contributed by atoms with van der Waals surface area (Å²) >= 11 is 0. The molecule has 0 spiro atoms. The molecule has 0 radical (unpaired) electrons. The van der Waals surface area contributed by atoms with E-state index >= 15 is 0 Å². The highest BCUT2D eigenvalue weighted by Gasteiger charge is 2.11. The van der Waals surface area contributed by atoms with Gasteiger partial charge in [0.05, 0.1) is 0 Å². The first-order chi connectivity index (χ1) is 13.5. The Bertz CT molecular complexity index is 1040. The van der Waals surface area contributed by atoms with Gasteiger partial charge in [-0.05, 0) is 50.2 Å². The van der Waals surface area contributed by atoms with Crippen molar-refractivity contribution in [3.63, 3.8) is 0 Å². The Balaban J connectivity index is 1.71. The van der Waals surface area contributed by atoms with E-state index in [1.165, 1.54) is 10.6 Å². The molecule has 0 saturated carbocycles. The van der Waals surface area contributed by atoms with Crippen LogP contribution in [-0.4, -0.2) is 27.0 Å². The standard InChI is InChI=1S/C20H22N6O2/c1-4-21-17-12-18(23-13(2)22-17)24-14-7-9-15(10-8-14)25-19(27)16-6-5-11-26(3)20(16)28/h5-12H,4H2,1-3H3,(H,25,27)(H2,21,22,23,24). The van der Waals surface area contributed by atoms with Crippen LogP contribution in [0.5, 0.6) is 0 Å². The fourth-order valence-electron chi connectivity index (χ4n) is 2.66. The van der Waals surface area contributed by atoms with Crippen LogP contribution in [-0.2, 0) is 7.05 Å². The van der Waals surface area contributed by atoms with Crippen LogP contribution in [0.2, 0.25) is 0 Å². The Kier molecular flexibility index (Phi) is 5.69. The van der Waals surface area contributed by atoms with E-state index in [1.807, 2.05) is 32.0 Å². The third-order valence-corrected chi connectivity index (χ3v) is 3.98. The minimum absolute atomic E-state index is 0.0969. The van der Waals surface area contributed by atoms with Gasteiger partial charge in [-0.3, -0.25) is 9.59 Å². The van der Waals surface area contributed by atoms with Crippen molar-refractivity contribution in [1.29, 1.82) is 0 Å². The maximum atomic E-state index is 12.3. The number of carbonyl (C=O) groups excluding carboxylic acids is 1. The summed E-state index contributed by atoms with van der Waals surface area (Å²) in [7, 11) is 1.61. The second kappa shape index (κ2) is 8.34. The molecule has 3 N–H and O–H groups in total. The van der Waals surface area contributed by atoms with E-state index < -0.39 is 5.91 Å². The summed E-state index contributed by atoms with van der Waals surface area (Å²) in [6.07, 6.45) is 1.61. The molecule has 1 aromatic carbocycles. The van der Waals surface area contributed by atoms with Gasteiger partial charge < -0.3 is 20.5 Å². The zero-order chi connectivity index (χ0) is 20.1. The molecule has 0 unspecified atom stereocenters. The number of hydrogen-bond donors (Lipinski definition) is 3. The van der Waals surface area contributed by atoms with E-state index in [0.717, 1.165) is 18.1 Å². The van der Waals surface area contributed by atoms with Gasteiger partial charge in [0.15, 0.2) is 0 Å². The van der Waals surface area contributed by atoms with Crippen LogP contribution in [0, 0.1) is 6.92 Å². The zero-order valence-electron chi connectivity index (χ0n) is 16.0. The maximum Gasteiger partial charge on any atom is 0.263 e. The smallest absolute Gasteiger partial charge is 0.263 e. The number of carbonyl (C=O) groups is 1. The lowest BCUT2D eigenvalue weighted by Crippen LogP contribution is -2.26. The lowest BCUT2D eigenvalue weighted by molar-refractivity contribution is 0.102. The highest BCUT2D eigenvalue weighted by atomic mass is 16.2. The molecular weight excluding hydrogens is 356 g/mol. The zero-order valence-corrected chi connectivity index (χ0v) is 16.0. The summed E-state index contributed by atoms with van der Waals surface area (Å²) in [6, 6.07) is 12.2. The van der Waals surface area contributed by atoms with E-state index in [1.54, 1.807) is 31.4 Å². The molecule has 2 aromatic heterocycles. The second-order valence-corrected chi connectivity index (χ2v) is 6.21. The van der Waals surface area contributed by atoms with Crippen molar-refractivity contribution in [2.24, 2.45) is 7.05 Å². The maximum absolute atomic E-state index is 12.3. The fraction of sp³-hybridized carbons (Fsp3) is 0.200. The molecular formula is C20H22N6O2. The number of aryl methyl sites for hydroxylation is 2. The van der Waals surface area contributed by atoms with Crippen molar-refractivity contribution in [1.82, 2.24) is 14.5 Å². The number of anilines is 4. The van der Waals surface area contributed by atoms with E-state index in [-0.39, 0.29) is 11.1 Å². The number of amides is 1. The molecule has 1 amide bonds. The van der Waals surface area contributed by atoms with Gasteiger partial charge in [0, 0.05) is 37.2 Å². The summed E-state index contributed by atoms with van der Waals surface area (Å²) in [4.78, 5) is 33.1. The molecule has 0 aliphatic rings. The lowest BCUT2D eigenvalue weighted by atomic mass is 10.2. The van der Waals surface area contributed by atoms with Crippen molar-refractivity contribution in [3.05, 3.63) is 70.4 Å². The molecule has 0 fully saturated rings. The van der Waals surface area contributed by atoms with Crippen LogP contribution in [0.1, 0.15) is 23.1 Å². The summed E-state index contributed by atoms with van der Waals surface area (Å²) in [5.74, 6) is 1.65. The number of aromatic nitrogens is 3. The van der Waals surface area contributed by atoms with Crippen LogP contribution in [0.15, 0.2) is 53.5 Å². The monoisotopic (exact) mass is 378 g/mol. The van der Waals surface area contributed by atoms with Crippen LogP contribution in [0.4, 0.5) is 23.0 Å². The van der Waals surface area contributed by atoms with Gasteiger partial charge in [0.1, 0.15) is 23.0 Å². The number of nitrogens with zero attached hydrogens (tertiary/aromatic N) is 3. The minimum atomic E-state index is -0.441. The molecule has 0 saturated heterocycles. The third kappa shape index (κ3) is 4.53. The van der Waals surface area contributed by atoms with Crippen LogP contribution >= 0.6 is 0 Å². The normalized spacial score (nSPS) is 10.4. The number of pyridine rings is 1. The first kappa shape index (κ1) is 19.1. The topological polar surface area (TPSA) is 101 Å². The van der Waals surface area contributed by atoms with Gasteiger partial charge in [-0.1, -0.05) is 0 Å². The quantitative estimate of drug-likeness (QED) is 0.610. The number of hydrogen-bond acceptors (Lipinski definition) is 6. The summed E-state index contributed by atoms with van der Waals surface area (Å²) < 4.78 is 1.37. The Labute approximate surface area is 162 Å². The molecule has 8 heteroatoms. The van der Waals surface area contributed by atoms with Crippen molar-refractivity contribution in [2.75, 3.05) is 22.5 Å². The fourth-order valence-corrected chi connectivity index (χ4v) is 2.66. The first-order valence-electron chi connectivity index (χ1n) is 8.90.